The molecule has 1 aromatic heterocycles. The lowest BCUT2D eigenvalue weighted by Gasteiger charge is -1.80. The van der Waals surface area contributed by atoms with Gasteiger partial charge in [-0.3, -0.25) is 0 Å². The lowest BCUT2D eigenvalue weighted by Crippen LogP contribution is -2.30. The van der Waals surface area contributed by atoms with Crippen LogP contribution in [0.1, 0.15) is 0 Å². The van der Waals surface area contributed by atoms with Crippen molar-refractivity contribution in [2.24, 2.45) is 7.05 Å². The van der Waals surface area contributed by atoms with Crippen molar-refractivity contribution in [2.45, 2.75) is 6.54 Å². The second-order valence-electron chi connectivity index (χ2n) is 1.87. The molecule has 0 fully saturated rings. The number of hydrogen-bond acceptors (Lipinski definition) is 1. The molecule has 48 valence electrons. The Morgan fingerprint density at radius 2 is 2.67 bits per heavy atom. The van der Waals surface area contributed by atoms with Gasteiger partial charge < -0.3 is 0 Å². The third-order valence-corrected chi connectivity index (χ3v) is 1.03. The van der Waals surface area contributed by atoms with E-state index in [9.17, 15) is 0 Å². The minimum absolute atomic E-state index is 0.779. The number of hydrogen-bond donors (Lipinski definition) is 0. The van der Waals surface area contributed by atoms with E-state index in [0.29, 0.717) is 0 Å². The second kappa shape index (κ2) is 2.44. The highest BCUT2D eigenvalue weighted by Gasteiger charge is 1.95. The van der Waals surface area contributed by atoms with Crippen LogP contribution < -0.4 is 4.68 Å². The van der Waals surface area contributed by atoms with Crippen molar-refractivity contribution in [3.8, 4) is 0 Å². The Morgan fingerprint density at radius 3 is 3.11 bits per heavy atom. The topological polar surface area (TPSA) is 21.7 Å². The molecular formula is C6H10N3+. The largest absolute Gasteiger partial charge is 0.155 e. The first-order valence-corrected chi connectivity index (χ1v) is 2.83. The van der Waals surface area contributed by atoms with Crippen LogP contribution in [0.5, 0.6) is 0 Å². The molecule has 0 radical (unpaired) electrons. The fourth-order valence-corrected chi connectivity index (χ4v) is 0.644. The van der Waals surface area contributed by atoms with Gasteiger partial charge >= 0.3 is 0 Å². The SMILES string of the molecule is C=CCn1cc[n+](C)n1. The predicted molar refractivity (Wildman–Crippen MR) is 33.6 cm³/mol. The van der Waals surface area contributed by atoms with E-state index in [1.165, 1.54) is 0 Å². The standard InChI is InChI=1S/C6H10N3/c1-3-4-9-6-5-8(2)7-9/h3,5-6H,1,4H2,2H3/q+1. The maximum Gasteiger partial charge on any atom is 0.155 e. The molecule has 0 atom stereocenters. The number of aromatic nitrogens is 3. The van der Waals surface area contributed by atoms with Gasteiger partial charge in [0.25, 0.3) is 0 Å². The predicted octanol–water partition coefficient (Wildman–Crippen LogP) is -0.106. The highest BCUT2D eigenvalue weighted by atomic mass is 15.5. The highest BCUT2D eigenvalue weighted by Crippen LogP contribution is 1.77. The molecule has 0 saturated carbocycles. The zero-order valence-electron chi connectivity index (χ0n) is 5.49. The van der Waals surface area contributed by atoms with Crippen LogP contribution in [0, 0.1) is 0 Å². The molecule has 0 amide bonds. The molecule has 0 unspecified atom stereocenters. The molecule has 9 heavy (non-hydrogen) atoms. The van der Waals surface area contributed by atoms with E-state index in [1.807, 2.05) is 30.2 Å². The normalized spacial score (nSPS) is 9.44. The first kappa shape index (κ1) is 6.01. The van der Waals surface area contributed by atoms with Gasteiger partial charge in [0.05, 0.1) is 5.21 Å². The lowest BCUT2D eigenvalue weighted by molar-refractivity contribution is -0.732. The third-order valence-electron chi connectivity index (χ3n) is 1.03. The summed E-state index contributed by atoms with van der Waals surface area (Å²) >= 11 is 0. The van der Waals surface area contributed by atoms with E-state index in [1.54, 1.807) is 4.68 Å². The van der Waals surface area contributed by atoms with Crippen molar-refractivity contribution in [3.63, 3.8) is 0 Å². The minimum Gasteiger partial charge on any atom is -0.141 e. The molecule has 1 rings (SSSR count). The van der Waals surface area contributed by atoms with E-state index in [2.05, 4.69) is 11.8 Å². The van der Waals surface area contributed by atoms with Crippen LogP contribution in [0.4, 0.5) is 0 Å². The summed E-state index contributed by atoms with van der Waals surface area (Å²) in [6, 6.07) is 0. The Bertz CT molecular complexity index is 202. The monoisotopic (exact) mass is 124 g/mol. The Balaban J connectivity index is 2.72. The van der Waals surface area contributed by atoms with E-state index in [4.69, 9.17) is 0 Å². The lowest BCUT2D eigenvalue weighted by atomic mass is 10.6. The molecular weight excluding hydrogens is 114 g/mol. The summed E-state index contributed by atoms with van der Waals surface area (Å²) in [6.45, 7) is 4.37. The maximum absolute atomic E-state index is 4.06. The molecule has 1 heterocycles. The fourth-order valence-electron chi connectivity index (χ4n) is 0.644. The van der Waals surface area contributed by atoms with Crippen LogP contribution in [0.2, 0.25) is 0 Å². The Morgan fingerprint density at radius 1 is 1.89 bits per heavy atom. The Kier molecular flexibility index (Phi) is 1.63. The van der Waals surface area contributed by atoms with Crippen molar-refractivity contribution >= 4 is 0 Å². The molecule has 3 heteroatoms. The summed E-state index contributed by atoms with van der Waals surface area (Å²) in [6.07, 6.45) is 5.61. The van der Waals surface area contributed by atoms with Crippen molar-refractivity contribution < 1.29 is 4.68 Å². The zero-order valence-corrected chi connectivity index (χ0v) is 5.49. The van der Waals surface area contributed by atoms with Gasteiger partial charge in [0.2, 0.25) is 0 Å². The van der Waals surface area contributed by atoms with Gasteiger partial charge in [0.15, 0.2) is 12.4 Å². The average Bonchev–Trinajstić information content (AvgIpc) is 2.17. The molecule has 0 N–H and O–H groups in total. The molecule has 0 aromatic carbocycles. The van der Waals surface area contributed by atoms with Crippen LogP contribution in [-0.4, -0.2) is 9.90 Å². The maximum atomic E-state index is 4.06. The first-order chi connectivity index (χ1) is 4.33. The summed E-state index contributed by atoms with van der Waals surface area (Å²) < 4.78 is 3.57. The van der Waals surface area contributed by atoms with Crippen LogP contribution in [0.25, 0.3) is 0 Å². The molecule has 0 aliphatic rings. The van der Waals surface area contributed by atoms with Gasteiger partial charge in [-0.05, 0) is 6.08 Å². The van der Waals surface area contributed by atoms with Crippen LogP contribution in [0.3, 0.4) is 0 Å². The van der Waals surface area contributed by atoms with Gasteiger partial charge in [0.1, 0.15) is 13.6 Å². The number of rotatable bonds is 2. The highest BCUT2D eigenvalue weighted by molar-refractivity contribution is 4.68. The zero-order chi connectivity index (χ0) is 6.69. The Labute approximate surface area is 54.2 Å². The van der Waals surface area contributed by atoms with Crippen molar-refractivity contribution in [1.82, 2.24) is 9.90 Å². The summed E-state index contributed by atoms with van der Waals surface area (Å²) in [5, 5.41) is 4.06. The molecule has 0 aliphatic heterocycles. The quantitative estimate of drug-likeness (QED) is 0.398. The smallest absolute Gasteiger partial charge is 0.141 e. The van der Waals surface area contributed by atoms with Crippen molar-refractivity contribution in [2.75, 3.05) is 0 Å². The van der Waals surface area contributed by atoms with E-state index in [0.717, 1.165) is 6.54 Å². The molecule has 0 aliphatic carbocycles. The summed E-state index contributed by atoms with van der Waals surface area (Å²) in [5.74, 6) is 0. The minimum atomic E-state index is 0.779. The summed E-state index contributed by atoms with van der Waals surface area (Å²) in [4.78, 5) is 0. The number of aryl methyl sites for hydroxylation is 1. The molecule has 0 spiro atoms. The van der Waals surface area contributed by atoms with Gasteiger partial charge in [-0.15, -0.1) is 9.36 Å². The van der Waals surface area contributed by atoms with E-state index in [-0.39, 0.29) is 0 Å². The van der Waals surface area contributed by atoms with E-state index < -0.39 is 0 Å². The molecule has 1 aromatic rings. The van der Waals surface area contributed by atoms with Crippen LogP contribution in [-0.2, 0) is 13.6 Å². The van der Waals surface area contributed by atoms with Gasteiger partial charge in [-0.1, -0.05) is 6.58 Å². The van der Waals surface area contributed by atoms with Gasteiger partial charge in [0, 0.05) is 0 Å². The molecule has 0 saturated heterocycles. The van der Waals surface area contributed by atoms with Crippen molar-refractivity contribution in [1.29, 1.82) is 0 Å². The second-order valence-corrected chi connectivity index (χ2v) is 1.87. The summed E-state index contributed by atoms with van der Waals surface area (Å²) in [5.41, 5.74) is 0. The molecule has 0 bridgehead atoms. The fraction of sp³-hybridized carbons (Fsp3) is 0.333. The number of allylic oxidation sites excluding steroid dienone is 1. The first-order valence-electron chi connectivity index (χ1n) is 2.83. The van der Waals surface area contributed by atoms with Gasteiger partial charge in [-0.2, -0.15) is 0 Å². The number of nitrogens with zero attached hydrogens (tertiary/aromatic N) is 3. The third kappa shape index (κ3) is 1.38. The van der Waals surface area contributed by atoms with Gasteiger partial charge in [-0.25, -0.2) is 0 Å². The molecule has 3 nitrogen and oxygen atoms in total. The van der Waals surface area contributed by atoms with Crippen molar-refractivity contribution in [3.05, 3.63) is 25.0 Å². The Hall–Kier alpha value is -1.12. The van der Waals surface area contributed by atoms with Crippen LogP contribution in [0.15, 0.2) is 25.0 Å². The summed E-state index contributed by atoms with van der Waals surface area (Å²) in [7, 11) is 1.89. The van der Waals surface area contributed by atoms with Crippen LogP contribution >= 0.6 is 0 Å². The van der Waals surface area contributed by atoms with E-state index >= 15 is 0 Å². The average molecular weight is 124 g/mol.